The lowest BCUT2D eigenvalue weighted by Gasteiger charge is -1.99. The highest BCUT2D eigenvalue weighted by Gasteiger charge is 2.17. The van der Waals surface area contributed by atoms with E-state index >= 15 is 0 Å². The van der Waals surface area contributed by atoms with Crippen LogP contribution in [0.1, 0.15) is 20.9 Å². The molecule has 0 fully saturated rings. The van der Waals surface area contributed by atoms with E-state index in [2.05, 4.69) is 21.0 Å². The number of nitrogens with zero attached hydrogens (tertiary/aromatic N) is 2. The molecule has 78 valence electrons. The lowest BCUT2D eigenvalue weighted by Crippen LogP contribution is -2.08. The van der Waals surface area contributed by atoms with Crippen molar-refractivity contribution in [2.45, 2.75) is 6.92 Å². The molecule has 0 unspecified atom stereocenters. The first kappa shape index (κ1) is 10.6. The fraction of sp³-hybridized carbons (Fsp3) is 0.200. The largest absolute Gasteiger partial charge is 0.286 e. The predicted octanol–water partition coefficient (Wildman–Crippen LogP) is 2.78. The summed E-state index contributed by atoms with van der Waals surface area (Å²) in [4.78, 5) is 12.8. The molecule has 15 heavy (non-hydrogen) atoms. The van der Waals surface area contributed by atoms with Gasteiger partial charge in [-0.2, -0.15) is 5.10 Å². The minimum Gasteiger partial charge on any atom is -0.286 e. The van der Waals surface area contributed by atoms with Gasteiger partial charge in [0.2, 0.25) is 5.78 Å². The van der Waals surface area contributed by atoms with Crippen molar-refractivity contribution in [3.8, 4) is 0 Å². The molecule has 0 saturated carbocycles. The van der Waals surface area contributed by atoms with Crippen LogP contribution in [0.2, 0.25) is 0 Å². The summed E-state index contributed by atoms with van der Waals surface area (Å²) in [6.45, 7) is 1.89. The maximum Gasteiger partial charge on any atom is 0.221 e. The lowest BCUT2D eigenvalue weighted by atomic mass is 10.2. The van der Waals surface area contributed by atoms with Crippen LogP contribution in [0.4, 0.5) is 0 Å². The van der Waals surface area contributed by atoms with Crippen molar-refractivity contribution >= 4 is 33.0 Å². The number of thiophene rings is 1. The average Bonchev–Trinajstić information content (AvgIpc) is 2.73. The molecule has 0 aliphatic rings. The maximum absolute atomic E-state index is 12.1. The average molecular weight is 285 g/mol. The first-order chi connectivity index (χ1) is 7.09. The molecular formula is C10H9BrN2OS. The third kappa shape index (κ3) is 1.89. The number of halogens is 1. The Kier molecular flexibility index (Phi) is 2.75. The summed E-state index contributed by atoms with van der Waals surface area (Å²) in [7, 11) is 1.78. The van der Waals surface area contributed by atoms with Crippen LogP contribution in [-0.2, 0) is 7.05 Å². The summed E-state index contributed by atoms with van der Waals surface area (Å²) in [5.74, 6) is 0.0307. The van der Waals surface area contributed by atoms with Gasteiger partial charge in [-0.05, 0) is 40.5 Å². The number of rotatable bonds is 2. The standard InChI is InChI=1S/C10H9BrN2OS/c1-6-5-12-13(2)9(6)10(14)7-3-4-8(11)15-7/h3-5H,1-2H3. The van der Waals surface area contributed by atoms with E-state index in [1.807, 2.05) is 19.1 Å². The molecule has 0 aliphatic heterocycles. The number of carbonyl (C=O) groups excluding carboxylic acids is 1. The van der Waals surface area contributed by atoms with Gasteiger partial charge < -0.3 is 0 Å². The molecular weight excluding hydrogens is 276 g/mol. The molecule has 2 aromatic rings. The molecule has 0 saturated heterocycles. The second kappa shape index (κ2) is 3.90. The normalized spacial score (nSPS) is 10.6. The van der Waals surface area contributed by atoms with E-state index in [9.17, 15) is 4.79 Å². The molecule has 0 aliphatic carbocycles. The minimum absolute atomic E-state index is 0.0307. The fourth-order valence-corrected chi connectivity index (χ4v) is 2.75. The molecule has 0 amide bonds. The Morgan fingerprint density at radius 3 is 2.73 bits per heavy atom. The highest BCUT2D eigenvalue weighted by atomic mass is 79.9. The third-order valence-corrected chi connectivity index (χ3v) is 3.76. The zero-order valence-electron chi connectivity index (χ0n) is 8.32. The van der Waals surface area contributed by atoms with Gasteiger partial charge in [0.1, 0.15) is 5.69 Å². The van der Waals surface area contributed by atoms with Crippen molar-refractivity contribution in [3.05, 3.63) is 38.3 Å². The van der Waals surface area contributed by atoms with E-state index in [0.29, 0.717) is 5.69 Å². The molecule has 0 radical (unpaired) electrons. The number of aromatic nitrogens is 2. The first-order valence-electron chi connectivity index (χ1n) is 4.38. The number of aryl methyl sites for hydroxylation is 2. The highest BCUT2D eigenvalue weighted by molar-refractivity contribution is 9.11. The molecule has 0 bridgehead atoms. The predicted molar refractivity (Wildman–Crippen MR) is 63.4 cm³/mol. The van der Waals surface area contributed by atoms with Crippen LogP contribution < -0.4 is 0 Å². The number of hydrogen-bond donors (Lipinski definition) is 0. The van der Waals surface area contributed by atoms with Crippen molar-refractivity contribution in [1.29, 1.82) is 0 Å². The SMILES string of the molecule is Cc1cnn(C)c1C(=O)c1ccc(Br)s1. The Labute approximate surface area is 99.9 Å². The van der Waals surface area contributed by atoms with Crippen molar-refractivity contribution in [1.82, 2.24) is 9.78 Å². The summed E-state index contributed by atoms with van der Waals surface area (Å²) in [5.41, 5.74) is 1.57. The second-order valence-corrected chi connectivity index (χ2v) is 5.70. The summed E-state index contributed by atoms with van der Waals surface area (Å²) >= 11 is 4.78. The summed E-state index contributed by atoms with van der Waals surface area (Å²) in [6, 6.07) is 3.70. The Morgan fingerprint density at radius 2 is 2.27 bits per heavy atom. The van der Waals surface area contributed by atoms with Gasteiger partial charge in [0, 0.05) is 7.05 Å². The van der Waals surface area contributed by atoms with E-state index in [1.165, 1.54) is 11.3 Å². The number of hydrogen-bond acceptors (Lipinski definition) is 3. The molecule has 0 aromatic carbocycles. The molecule has 2 heterocycles. The summed E-state index contributed by atoms with van der Waals surface area (Å²) < 4.78 is 2.58. The Hall–Kier alpha value is -0.940. The van der Waals surface area contributed by atoms with Gasteiger partial charge in [0.15, 0.2) is 0 Å². The van der Waals surface area contributed by atoms with Gasteiger partial charge in [-0.15, -0.1) is 11.3 Å². The zero-order chi connectivity index (χ0) is 11.0. The molecule has 0 N–H and O–H groups in total. The van der Waals surface area contributed by atoms with Crippen molar-refractivity contribution < 1.29 is 4.79 Å². The van der Waals surface area contributed by atoms with Crippen molar-refractivity contribution in [3.63, 3.8) is 0 Å². The van der Waals surface area contributed by atoms with E-state index in [1.54, 1.807) is 17.9 Å². The molecule has 0 atom stereocenters. The van der Waals surface area contributed by atoms with E-state index in [-0.39, 0.29) is 5.78 Å². The van der Waals surface area contributed by atoms with Crippen LogP contribution in [-0.4, -0.2) is 15.6 Å². The van der Waals surface area contributed by atoms with Crippen LogP contribution in [0.25, 0.3) is 0 Å². The Morgan fingerprint density at radius 1 is 1.53 bits per heavy atom. The van der Waals surface area contributed by atoms with Gasteiger partial charge in [-0.25, -0.2) is 0 Å². The number of carbonyl (C=O) groups is 1. The Bertz CT molecular complexity index is 496. The third-order valence-electron chi connectivity index (χ3n) is 2.13. The summed E-state index contributed by atoms with van der Waals surface area (Å²) in [5, 5.41) is 4.06. The summed E-state index contributed by atoms with van der Waals surface area (Å²) in [6.07, 6.45) is 1.70. The first-order valence-corrected chi connectivity index (χ1v) is 5.99. The number of ketones is 1. The molecule has 0 spiro atoms. The smallest absolute Gasteiger partial charge is 0.221 e. The fourth-order valence-electron chi connectivity index (χ4n) is 1.43. The van der Waals surface area contributed by atoms with Crippen LogP contribution in [0.5, 0.6) is 0 Å². The lowest BCUT2D eigenvalue weighted by molar-refractivity contribution is 0.103. The van der Waals surface area contributed by atoms with E-state index in [0.717, 1.165) is 14.2 Å². The van der Waals surface area contributed by atoms with Crippen LogP contribution in [0, 0.1) is 6.92 Å². The second-order valence-electron chi connectivity index (χ2n) is 3.23. The minimum atomic E-state index is 0.0307. The maximum atomic E-state index is 12.1. The molecule has 5 heteroatoms. The molecule has 2 rings (SSSR count). The van der Waals surface area contributed by atoms with Crippen molar-refractivity contribution in [2.75, 3.05) is 0 Å². The topological polar surface area (TPSA) is 34.9 Å². The van der Waals surface area contributed by atoms with Gasteiger partial charge in [0.25, 0.3) is 0 Å². The quantitative estimate of drug-likeness (QED) is 0.795. The highest BCUT2D eigenvalue weighted by Crippen LogP contribution is 2.25. The van der Waals surface area contributed by atoms with Crippen LogP contribution >= 0.6 is 27.3 Å². The Balaban J connectivity index is 2.45. The van der Waals surface area contributed by atoms with Crippen LogP contribution in [0.3, 0.4) is 0 Å². The van der Waals surface area contributed by atoms with Gasteiger partial charge >= 0.3 is 0 Å². The van der Waals surface area contributed by atoms with E-state index in [4.69, 9.17) is 0 Å². The van der Waals surface area contributed by atoms with E-state index < -0.39 is 0 Å². The monoisotopic (exact) mass is 284 g/mol. The van der Waals surface area contributed by atoms with Crippen LogP contribution in [0.15, 0.2) is 22.1 Å². The molecule has 2 aromatic heterocycles. The van der Waals surface area contributed by atoms with Gasteiger partial charge in [-0.1, -0.05) is 0 Å². The van der Waals surface area contributed by atoms with Gasteiger partial charge in [-0.3, -0.25) is 9.48 Å². The molecule has 3 nitrogen and oxygen atoms in total. The van der Waals surface area contributed by atoms with Crippen molar-refractivity contribution in [2.24, 2.45) is 7.05 Å². The van der Waals surface area contributed by atoms with Gasteiger partial charge in [0.05, 0.1) is 14.9 Å². The zero-order valence-corrected chi connectivity index (χ0v) is 10.7.